The lowest BCUT2D eigenvalue weighted by Gasteiger charge is -2.13. The van der Waals surface area contributed by atoms with Crippen molar-refractivity contribution in [1.29, 1.82) is 0 Å². The third-order valence-corrected chi connectivity index (χ3v) is 14.5. The molecule has 15 rings (SSSR count). The van der Waals surface area contributed by atoms with Gasteiger partial charge in [-0.25, -0.2) is 15.0 Å². The molecule has 0 bridgehead atoms. The number of hydrogen-bond donors (Lipinski definition) is 0. The molecule has 15 aromatic rings. The second-order valence-electron chi connectivity index (χ2n) is 17.1. The molecule has 10 aromatic carbocycles. The molecule has 0 spiro atoms. The molecule has 0 atom stereocenters. The van der Waals surface area contributed by atoms with Crippen LogP contribution in [0.3, 0.4) is 0 Å². The van der Waals surface area contributed by atoms with E-state index in [0.717, 1.165) is 88.1 Å². The highest BCUT2D eigenvalue weighted by atomic mass is 32.1. The van der Waals surface area contributed by atoms with Crippen LogP contribution < -0.4 is 0 Å². The van der Waals surface area contributed by atoms with Crippen molar-refractivity contribution in [2.75, 3.05) is 0 Å². The number of fused-ring (bicyclic) bond motifs is 15. The van der Waals surface area contributed by atoms with Crippen LogP contribution in [0, 0.1) is 0 Å². The molecule has 0 aliphatic heterocycles. The second-order valence-corrected chi connectivity index (χ2v) is 18.2. The molecule has 6 nitrogen and oxygen atoms in total. The molecule has 5 heterocycles. The highest BCUT2D eigenvalue weighted by molar-refractivity contribution is 7.25. The summed E-state index contributed by atoms with van der Waals surface area (Å²) in [6.45, 7) is 0. The lowest BCUT2D eigenvalue weighted by molar-refractivity contribution is 0.669. The van der Waals surface area contributed by atoms with Crippen molar-refractivity contribution in [2.45, 2.75) is 0 Å². The number of rotatable bonds is 4. The second kappa shape index (κ2) is 13.4. The molecular formula is C59H32N4O2S. The van der Waals surface area contributed by atoms with Gasteiger partial charge in [-0.3, -0.25) is 0 Å². The first-order chi connectivity index (χ1) is 32.7. The number of furan rings is 2. The van der Waals surface area contributed by atoms with Gasteiger partial charge < -0.3 is 13.4 Å². The molecule has 306 valence electrons. The summed E-state index contributed by atoms with van der Waals surface area (Å²) in [6.07, 6.45) is 0. The van der Waals surface area contributed by atoms with E-state index in [-0.39, 0.29) is 0 Å². The highest BCUT2D eigenvalue weighted by Gasteiger charge is 2.23. The average molecular weight is 861 g/mol. The van der Waals surface area contributed by atoms with Crippen LogP contribution in [-0.4, -0.2) is 19.5 Å². The molecule has 0 saturated heterocycles. The highest BCUT2D eigenvalue weighted by Crippen LogP contribution is 2.44. The molecule has 0 aliphatic rings. The van der Waals surface area contributed by atoms with Gasteiger partial charge in [0.1, 0.15) is 22.3 Å². The van der Waals surface area contributed by atoms with Crippen LogP contribution in [0.4, 0.5) is 0 Å². The standard InChI is InChI=1S/C59H32N4O2S/c1-2-13-35-30-49-44(27-34(35)12-1)40-15-5-8-18-48(40)63(49)38-31-47(55-43-24-21-33-11-3-4-14-39(33)56(43)65-52(55)32-38)59-61-57(36-22-25-51-45(28-36)41-16-6-9-19-50(41)64-51)60-58(62-59)37-23-26-54-46(29-37)42-17-7-10-20-53(42)66-54/h1-32H. The van der Waals surface area contributed by atoms with Gasteiger partial charge in [0.2, 0.25) is 0 Å². The van der Waals surface area contributed by atoms with E-state index in [4.69, 9.17) is 23.8 Å². The van der Waals surface area contributed by atoms with Gasteiger partial charge in [-0.15, -0.1) is 11.3 Å². The fraction of sp³-hybridized carbons (Fsp3) is 0. The van der Waals surface area contributed by atoms with E-state index in [1.807, 2.05) is 24.3 Å². The lowest BCUT2D eigenvalue weighted by Crippen LogP contribution is -2.02. The molecule has 0 aliphatic carbocycles. The first kappa shape index (κ1) is 35.8. The van der Waals surface area contributed by atoms with Crippen molar-refractivity contribution in [3.63, 3.8) is 0 Å². The van der Waals surface area contributed by atoms with E-state index < -0.39 is 0 Å². The molecule has 0 unspecified atom stereocenters. The van der Waals surface area contributed by atoms with Crippen molar-refractivity contribution in [2.24, 2.45) is 0 Å². The largest absolute Gasteiger partial charge is 0.456 e. The molecule has 5 aromatic heterocycles. The summed E-state index contributed by atoms with van der Waals surface area (Å²) in [5, 5.41) is 13.3. The summed E-state index contributed by atoms with van der Waals surface area (Å²) in [5.74, 6) is 1.71. The topological polar surface area (TPSA) is 69.9 Å². The van der Waals surface area contributed by atoms with Crippen LogP contribution in [0.2, 0.25) is 0 Å². The molecule has 0 saturated carbocycles. The zero-order valence-corrected chi connectivity index (χ0v) is 35.8. The summed E-state index contributed by atoms with van der Waals surface area (Å²) in [4.78, 5) is 16.2. The van der Waals surface area contributed by atoms with Gasteiger partial charge in [0.15, 0.2) is 17.5 Å². The molecule has 0 amide bonds. The predicted octanol–water partition coefficient (Wildman–Crippen LogP) is 16.4. The summed E-state index contributed by atoms with van der Waals surface area (Å²) in [5.41, 5.74) is 9.02. The van der Waals surface area contributed by atoms with Gasteiger partial charge in [0.25, 0.3) is 0 Å². The molecule has 7 heteroatoms. The summed E-state index contributed by atoms with van der Waals surface area (Å²) in [7, 11) is 0. The van der Waals surface area contributed by atoms with E-state index in [0.29, 0.717) is 17.5 Å². The van der Waals surface area contributed by atoms with Gasteiger partial charge in [0, 0.05) is 80.6 Å². The van der Waals surface area contributed by atoms with E-state index in [1.165, 1.54) is 41.7 Å². The smallest absolute Gasteiger partial charge is 0.164 e. The van der Waals surface area contributed by atoms with Crippen LogP contribution in [0.15, 0.2) is 203 Å². The zero-order chi connectivity index (χ0) is 43.0. The Morgan fingerprint density at radius 3 is 1.88 bits per heavy atom. The Balaban J connectivity index is 1.05. The molecule has 66 heavy (non-hydrogen) atoms. The third-order valence-electron chi connectivity index (χ3n) is 13.4. The first-order valence-electron chi connectivity index (χ1n) is 22.1. The minimum atomic E-state index is 0.552. The van der Waals surface area contributed by atoms with Gasteiger partial charge in [-0.1, -0.05) is 109 Å². The monoisotopic (exact) mass is 860 g/mol. The number of thiophene rings is 1. The van der Waals surface area contributed by atoms with Crippen LogP contribution in [0.1, 0.15) is 0 Å². The van der Waals surface area contributed by atoms with Crippen LogP contribution in [0.25, 0.3) is 147 Å². The van der Waals surface area contributed by atoms with Crippen molar-refractivity contribution in [1.82, 2.24) is 19.5 Å². The van der Waals surface area contributed by atoms with Gasteiger partial charge >= 0.3 is 0 Å². The minimum absolute atomic E-state index is 0.552. The van der Waals surface area contributed by atoms with Crippen molar-refractivity contribution in [3.05, 3.63) is 194 Å². The van der Waals surface area contributed by atoms with Crippen LogP contribution >= 0.6 is 11.3 Å². The fourth-order valence-corrected chi connectivity index (χ4v) is 11.4. The Labute approximate surface area is 379 Å². The Morgan fingerprint density at radius 2 is 1.02 bits per heavy atom. The third kappa shape index (κ3) is 5.20. The summed E-state index contributed by atoms with van der Waals surface area (Å²) < 4.78 is 18.2. The predicted molar refractivity (Wildman–Crippen MR) is 273 cm³/mol. The molecule has 0 radical (unpaired) electrons. The maximum atomic E-state index is 7.06. The van der Waals surface area contributed by atoms with Gasteiger partial charge in [0.05, 0.1) is 16.7 Å². The van der Waals surface area contributed by atoms with E-state index in [1.54, 1.807) is 11.3 Å². The normalized spacial score (nSPS) is 12.2. The Morgan fingerprint density at radius 1 is 0.364 bits per heavy atom. The molecule has 0 N–H and O–H groups in total. The summed E-state index contributed by atoms with van der Waals surface area (Å²) in [6, 6.07) is 68.6. The Kier molecular flexibility index (Phi) is 7.28. The van der Waals surface area contributed by atoms with Crippen molar-refractivity contribution >= 4 is 119 Å². The van der Waals surface area contributed by atoms with Crippen molar-refractivity contribution < 1.29 is 8.83 Å². The minimum Gasteiger partial charge on any atom is -0.456 e. The SMILES string of the molecule is c1ccc2cc3c(cc2c1)c1ccccc1n3-c1cc(-c2nc(-c3ccc4oc5ccccc5c4c3)nc(-c3ccc4sc5ccccc5c4c3)n2)c2c(c1)oc1c3ccccc3ccc12. The number of hydrogen-bond acceptors (Lipinski definition) is 6. The molecule has 0 fully saturated rings. The first-order valence-corrected chi connectivity index (χ1v) is 22.9. The number of benzene rings is 10. The van der Waals surface area contributed by atoms with Crippen LogP contribution in [0.5, 0.6) is 0 Å². The van der Waals surface area contributed by atoms with Gasteiger partial charge in [-0.2, -0.15) is 0 Å². The van der Waals surface area contributed by atoms with Crippen molar-refractivity contribution in [3.8, 4) is 39.9 Å². The van der Waals surface area contributed by atoms with E-state index >= 15 is 0 Å². The molecular weight excluding hydrogens is 829 g/mol. The zero-order valence-electron chi connectivity index (χ0n) is 35.0. The Hall–Kier alpha value is -8.65. The number of para-hydroxylation sites is 2. The quantitative estimate of drug-likeness (QED) is 0.176. The fourth-order valence-electron chi connectivity index (χ4n) is 10.3. The van der Waals surface area contributed by atoms with E-state index in [9.17, 15) is 0 Å². The lowest BCUT2D eigenvalue weighted by atomic mass is 10.0. The maximum absolute atomic E-state index is 7.06. The Bertz CT molecular complexity index is 4420. The number of aromatic nitrogens is 4. The number of nitrogens with zero attached hydrogens (tertiary/aromatic N) is 4. The summed E-state index contributed by atoms with van der Waals surface area (Å²) >= 11 is 1.80. The maximum Gasteiger partial charge on any atom is 0.164 e. The average Bonchev–Trinajstić information content (AvgIpc) is 4.14. The van der Waals surface area contributed by atoms with Gasteiger partial charge in [-0.05, 0) is 95.0 Å². The van der Waals surface area contributed by atoms with Crippen LogP contribution in [-0.2, 0) is 0 Å². The van der Waals surface area contributed by atoms with E-state index in [2.05, 4.69) is 174 Å².